The van der Waals surface area contributed by atoms with Crippen LogP contribution < -0.4 is 5.32 Å². The Bertz CT molecular complexity index is 304. The smallest absolute Gasteiger partial charge is 0.151 e. The van der Waals surface area contributed by atoms with E-state index in [1.807, 2.05) is 6.92 Å². The molecular weight excluding hydrogens is 234 g/mol. The van der Waals surface area contributed by atoms with Crippen molar-refractivity contribution in [2.24, 2.45) is 5.41 Å². The van der Waals surface area contributed by atoms with E-state index in [2.05, 4.69) is 33.0 Å². The summed E-state index contributed by atoms with van der Waals surface area (Å²) < 4.78 is 23.2. The Balaban J connectivity index is 4.54. The first-order valence-corrected chi connectivity index (χ1v) is 8.45. The van der Waals surface area contributed by atoms with Gasteiger partial charge < -0.3 is 5.32 Å². The Morgan fingerprint density at radius 1 is 1.24 bits per heavy atom. The Hall–Kier alpha value is -0.0900. The molecule has 0 rings (SSSR count). The van der Waals surface area contributed by atoms with Gasteiger partial charge in [0.1, 0.15) is 0 Å². The Morgan fingerprint density at radius 2 is 1.76 bits per heavy atom. The number of nitrogens with one attached hydrogen (secondary N) is 1. The summed E-state index contributed by atoms with van der Waals surface area (Å²) in [6, 6.07) is 0.0733. The molecule has 2 unspecified atom stereocenters. The van der Waals surface area contributed by atoms with Crippen LogP contribution in [0.15, 0.2) is 0 Å². The maximum atomic E-state index is 11.6. The van der Waals surface area contributed by atoms with E-state index in [0.29, 0.717) is 0 Å². The molecule has 0 aromatic heterocycles. The summed E-state index contributed by atoms with van der Waals surface area (Å²) in [5.74, 6) is 0. The first kappa shape index (κ1) is 16.9. The fourth-order valence-corrected chi connectivity index (χ4v) is 2.55. The zero-order valence-corrected chi connectivity index (χ0v) is 13.0. The highest BCUT2D eigenvalue weighted by molar-refractivity contribution is 7.91. The van der Waals surface area contributed by atoms with E-state index in [0.717, 1.165) is 25.8 Å². The molecule has 0 bridgehead atoms. The van der Waals surface area contributed by atoms with Gasteiger partial charge in [-0.1, -0.05) is 27.7 Å². The molecular formula is C13H29NO2S. The summed E-state index contributed by atoms with van der Waals surface area (Å²) in [6.45, 7) is 11.4. The van der Waals surface area contributed by atoms with E-state index in [1.54, 1.807) is 0 Å². The van der Waals surface area contributed by atoms with E-state index in [-0.39, 0.29) is 16.7 Å². The average molecular weight is 263 g/mol. The molecule has 0 aliphatic rings. The fourth-order valence-electron chi connectivity index (χ4n) is 1.72. The quantitative estimate of drug-likeness (QED) is 0.768. The lowest BCUT2D eigenvalue weighted by Crippen LogP contribution is -2.43. The topological polar surface area (TPSA) is 46.2 Å². The SMILES string of the molecule is CCCNC(CCC(C)(C)C)C(C)S(C)(=O)=O. The van der Waals surface area contributed by atoms with Crippen molar-refractivity contribution in [3.63, 3.8) is 0 Å². The van der Waals surface area contributed by atoms with Gasteiger partial charge in [0, 0.05) is 12.3 Å². The maximum Gasteiger partial charge on any atom is 0.151 e. The van der Waals surface area contributed by atoms with Gasteiger partial charge in [0.2, 0.25) is 0 Å². The van der Waals surface area contributed by atoms with Gasteiger partial charge >= 0.3 is 0 Å². The Morgan fingerprint density at radius 3 is 2.12 bits per heavy atom. The van der Waals surface area contributed by atoms with Crippen LogP contribution in [0.5, 0.6) is 0 Å². The van der Waals surface area contributed by atoms with E-state index in [9.17, 15) is 8.42 Å². The van der Waals surface area contributed by atoms with Gasteiger partial charge in [-0.2, -0.15) is 0 Å². The molecule has 0 aromatic carbocycles. The summed E-state index contributed by atoms with van der Waals surface area (Å²) in [7, 11) is -2.96. The fraction of sp³-hybridized carbons (Fsp3) is 1.00. The molecule has 2 atom stereocenters. The second-order valence-electron chi connectivity index (χ2n) is 6.19. The summed E-state index contributed by atoms with van der Waals surface area (Å²) in [5.41, 5.74) is 0.253. The predicted octanol–water partition coefficient (Wildman–Crippen LogP) is 2.61. The zero-order valence-electron chi connectivity index (χ0n) is 12.2. The molecule has 0 radical (unpaired) electrons. The van der Waals surface area contributed by atoms with Gasteiger partial charge in [0.05, 0.1) is 5.25 Å². The average Bonchev–Trinajstić information content (AvgIpc) is 2.14. The standard InChI is InChI=1S/C13H29NO2S/c1-7-10-14-12(8-9-13(3,4)5)11(2)17(6,15)16/h11-12,14H,7-10H2,1-6H3. The third-order valence-electron chi connectivity index (χ3n) is 3.10. The highest BCUT2D eigenvalue weighted by Gasteiger charge is 2.26. The molecule has 0 saturated heterocycles. The van der Waals surface area contributed by atoms with E-state index >= 15 is 0 Å². The normalized spacial score (nSPS) is 16.8. The second kappa shape index (κ2) is 6.74. The number of hydrogen-bond donors (Lipinski definition) is 1. The first-order chi connectivity index (χ1) is 7.58. The van der Waals surface area contributed by atoms with Crippen molar-refractivity contribution in [1.82, 2.24) is 5.32 Å². The molecule has 17 heavy (non-hydrogen) atoms. The van der Waals surface area contributed by atoms with Crippen LogP contribution >= 0.6 is 0 Å². The predicted molar refractivity (Wildman–Crippen MR) is 75.1 cm³/mol. The van der Waals surface area contributed by atoms with E-state index in [4.69, 9.17) is 0 Å². The van der Waals surface area contributed by atoms with Crippen LogP contribution in [0.25, 0.3) is 0 Å². The molecule has 0 fully saturated rings. The van der Waals surface area contributed by atoms with E-state index in [1.165, 1.54) is 6.26 Å². The van der Waals surface area contributed by atoms with Gasteiger partial charge in [0.25, 0.3) is 0 Å². The largest absolute Gasteiger partial charge is 0.313 e. The minimum absolute atomic E-state index is 0.0733. The zero-order chi connectivity index (χ0) is 13.7. The molecule has 0 aliphatic heterocycles. The van der Waals surface area contributed by atoms with Gasteiger partial charge in [-0.15, -0.1) is 0 Å². The van der Waals surface area contributed by atoms with Gasteiger partial charge in [-0.25, -0.2) is 8.42 Å². The van der Waals surface area contributed by atoms with Crippen LogP contribution in [0.4, 0.5) is 0 Å². The third kappa shape index (κ3) is 7.77. The number of hydrogen-bond acceptors (Lipinski definition) is 3. The second-order valence-corrected chi connectivity index (χ2v) is 8.60. The lowest BCUT2D eigenvalue weighted by atomic mass is 9.88. The van der Waals surface area contributed by atoms with Gasteiger partial charge in [-0.05, 0) is 38.1 Å². The molecule has 0 spiro atoms. The van der Waals surface area contributed by atoms with Gasteiger partial charge in [-0.3, -0.25) is 0 Å². The van der Waals surface area contributed by atoms with Crippen LogP contribution in [0.1, 0.15) is 53.9 Å². The van der Waals surface area contributed by atoms with Crippen molar-refractivity contribution >= 4 is 9.84 Å². The minimum atomic E-state index is -2.96. The third-order valence-corrected chi connectivity index (χ3v) is 4.78. The van der Waals surface area contributed by atoms with Crippen LogP contribution in [0, 0.1) is 5.41 Å². The summed E-state index contributed by atoms with van der Waals surface area (Å²) in [5, 5.41) is 3.06. The molecule has 104 valence electrons. The Kier molecular flexibility index (Phi) is 6.70. The lowest BCUT2D eigenvalue weighted by Gasteiger charge is -2.27. The number of rotatable bonds is 7. The van der Waals surface area contributed by atoms with Crippen LogP contribution in [-0.2, 0) is 9.84 Å². The number of sulfone groups is 1. The molecule has 0 amide bonds. The van der Waals surface area contributed by atoms with Crippen molar-refractivity contribution in [2.45, 2.75) is 65.2 Å². The van der Waals surface area contributed by atoms with Crippen LogP contribution in [-0.4, -0.2) is 32.5 Å². The molecule has 4 heteroatoms. The summed E-state index contributed by atoms with van der Waals surface area (Å²) in [4.78, 5) is 0. The molecule has 3 nitrogen and oxygen atoms in total. The monoisotopic (exact) mass is 263 g/mol. The van der Waals surface area contributed by atoms with Crippen molar-refractivity contribution < 1.29 is 8.42 Å². The van der Waals surface area contributed by atoms with E-state index < -0.39 is 9.84 Å². The first-order valence-electron chi connectivity index (χ1n) is 6.50. The highest BCUT2D eigenvalue weighted by Crippen LogP contribution is 2.23. The molecule has 1 N–H and O–H groups in total. The maximum absolute atomic E-state index is 11.6. The molecule has 0 heterocycles. The van der Waals surface area contributed by atoms with Crippen LogP contribution in [0.2, 0.25) is 0 Å². The van der Waals surface area contributed by atoms with Crippen molar-refractivity contribution in [1.29, 1.82) is 0 Å². The van der Waals surface area contributed by atoms with Gasteiger partial charge in [0.15, 0.2) is 9.84 Å². The summed E-state index contributed by atoms with van der Waals surface area (Å²) >= 11 is 0. The highest BCUT2D eigenvalue weighted by atomic mass is 32.2. The lowest BCUT2D eigenvalue weighted by molar-refractivity contribution is 0.326. The van der Waals surface area contributed by atoms with Crippen molar-refractivity contribution in [3.05, 3.63) is 0 Å². The van der Waals surface area contributed by atoms with Crippen molar-refractivity contribution in [2.75, 3.05) is 12.8 Å². The molecule has 0 aromatic rings. The molecule has 0 saturated carbocycles. The van der Waals surface area contributed by atoms with Crippen molar-refractivity contribution in [3.8, 4) is 0 Å². The Labute approximate surface area is 107 Å². The summed E-state index contributed by atoms with van der Waals surface area (Å²) in [6.07, 6.45) is 4.31. The minimum Gasteiger partial charge on any atom is -0.313 e. The van der Waals surface area contributed by atoms with Crippen LogP contribution in [0.3, 0.4) is 0 Å². The molecule has 0 aliphatic carbocycles.